The third kappa shape index (κ3) is 6.14. The maximum atomic E-state index is 14.1. The fraction of sp³-hybridized carbons (Fsp3) is 0.568. The first kappa shape index (κ1) is 36.9. The summed E-state index contributed by atoms with van der Waals surface area (Å²) in [5, 5.41) is 12.6. The summed E-state index contributed by atoms with van der Waals surface area (Å²) in [6.07, 6.45) is -2.55. The van der Waals surface area contributed by atoms with Crippen molar-refractivity contribution in [2.75, 3.05) is 6.61 Å². The van der Waals surface area contributed by atoms with Crippen molar-refractivity contribution in [1.29, 1.82) is 0 Å². The highest BCUT2D eigenvalue weighted by molar-refractivity contribution is 5.90. The van der Waals surface area contributed by atoms with E-state index >= 15 is 0 Å². The van der Waals surface area contributed by atoms with E-state index in [0.29, 0.717) is 6.42 Å². The zero-order valence-corrected chi connectivity index (χ0v) is 29.4. The molecule has 1 unspecified atom stereocenters. The van der Waals surface area contributed by atoms with Crippen LogP contribution >= 0.6 is 0 Å². The molecular weight excluding hydrogens is 650 g/mol. The van der Waals surface area contributed by atoms with Crippen LogP contribution in [0.25, 0.3) is 0 Å². The first-order valence-corrected chi connectivity index (χ1v) is 16.8. The highest BCUT2D eigenvalue weighted by Crippen LogP contribution is 2.69. The number of fused-ring (bicyclic) bond motifs is 1. The molecule has 1 aromatic carbocycles. The molecule has 50 heavy (non-hydrogen) atoms. The molecule has 9 atom stereocenters. The van der Waals surface area contributed by atoms with Gasteiger partial charge in [0.1, 0.15) is 30.3 Å². The van der Waals surface area contributed by atoms with Crippen molar-refractivity contribution in [3.63, 3.8) is 0 Å². The largest absolute Gasteiger partial charge is 0.464 e. The number of ether oxygens (including phenoxy) is 6. The van der Waals surface area contributed by atoms with Gasteiger partial charge in [0.25, 0.3) is 0 Å². The zero-order chi connectivity index (χ0) is 36.6. The minimum Gasteiger partial charge on any atom is -0.464 e. The number of aliphatic hydroxyl groups is 1. The Morgan fingerprint density at radius 1 is 0.900 bits per heavy atom. The van der Waals surface area contributed by atoms with Crippen molar-refractivity contribution in [2.24, 2.45) is 17.3 Å². The molecule has 5 rings (SSSR count). The van der Waals surface area contributed by atoms with Crippen molar-refractivity contribution in [3.05, 3.63) is 66.0 Å². The number of carbonyl (C=O) groups is 5. The van der Waals surface area contributed by atoms with Crippen molar-refractivity contribution < 1.29 is 57.5 Å². The van der Waals surface area contributed by atoms with E-state index in [-0.39, 0.29) is 24.0 Å². The summed E-state index contributed by atoms with van der Waals surface area (Å²) in [6, 6.07) is 11.1. The minimum atomic E-state index is -2.05. The van der Waals surface area contributed by atoms with Gasteiger partial charge in [0.05, 0.1) is 34.2 Å². The van der Waals surface area contributed by atoms with E-state index in [0.717, 1.165) is 0 Å². The van der Waals surface area contributed by atoms with E-state index in [1.165, 1.54) is 51.4 Å². The van der Waals surface area contributed by atoms with E-state index in [1.807, 2.05) is 6.92 Å². The molecule has 3 fully saturated rings. The molecule has 0 radical (unpaired) electrons. The van der Waals surface area contributed by atoms with Crippen LogP contribution in [0.15, 0.2) is 54.9 Å². The van der Waals surface area contributed by atoms with Crippen LogP contribution in [0.4, 0.5) is 0 Å². The van der Waals surface area contributed by atoms with Gasteiger partial charge in [0, 0.05) is 26.2 Å². The van der Waals surface area contributed by atoms with Gasteiger partial charge in [0.2, 0.25) is 0 Å². The monoisotopic (exact) mass is 695 g/mol. The standard InChI is InChI=1S/C37H45NO12/c1-8-21(2)31(41)45-20-36-26(46-22(3)39)16-17-35(7,44)37(36)29(47-23(4)40)27(34(5,6)50-37)28(48-33(43)25-15-12-18-38-19-25)30(36)49-32(42)24-13-10-9-11-14-24/h9-15,18-19,21,26-30,44H,8,16-17,20H2,1-7H3/t21?,26-,27+,28+,29+,30-,35-,36-,37-/m0/s1. The fourth-order valence-electron chi connectivity index (χ4n) is 8.20. The van der Waals surface area contributed by atoms with E-state index in [4.69, 9.17) is 28.4 Å². The Balaban J connectivity index is 1.84. The average Bonchev–Trinajstić information content (AvgIpc) is 3.27. The lowest BCUT2D eigenvalue weighted by Crippen LogP contribution is -2.83. The Bertz CT molecular complexity index is 1610. The SMILES string of the molecule is CCC(C)C(=O)OC[C@@]12[C@@H](OC(C)=O)CC[C@](C)(O)[C@]13OC(C)(C)[C@H]([C@@H](OC(=O)c1cccnc1)[C@@H]2OC(=O)c1ccccc1)[C@H]3OC(C)=O. The van der Waals surface area contributed by atoms with Crippen LogP contribution in [0.2, 0.25) is 0 Å². The lowest BCUT2D eigenvalue weighted by atomic mass is 9.46. The third-order valence-electron chi connectivity index (χ3n) is 10.5. The van der Waals surface area contributed by atoms with Gasteiger partial charge >= 0.3 is 29.8 Å². The minimum absolute atomic E-state index is 0.0148. The normalized spacial score (nSPS) is 32.8. The molecule has 1 aromatic heterocycles. The number of rotatable bonds is 10. The number of hydrogen-bond acceptors (Lipinski definition) is 13. The van der Waals surface area contributed by atoms with Crippen LogP contribution in [0.1, 0.15) is 88.4 Å². The second-order valence-corrected chi connectivity index (χ2v) is 14.2. The van der Waals surface area contributed by atoms with E-state index in [9.17, 15) is 29.1 Å². The van der Waals surface area contributed by atoms with Crippen LogP contribution in [0.3, 0.4) is 0 Å². The van der Waals surface area contributed by atoms with Crippen LogP contribution in [-0.2, 0) is 42.8 Å². The molecule has 2 aromatic rings. The lowest BCUT2D eigenvalue weighted by Gasteiger charge is -2.65. The Morgan fingerprint density at radius 3 is 2.14 bits per heavy atom. The summed E-state index contributed by atoms with van der Waals surface area (Å²) in [4.78, 5) is 71.3. The summed E-state index contributed by atoms with van der Waals surface area (Å²) < 4.78 is 37.7. The topological polar surface area (TPSA) is 174 Å². The van der Waals surface area contributed by atoms with E-state index in [2.05, 4.69) is 4.98 Å². The van der Waals surface area contributed by atoms with Crippen LogP contribution in [-0.4, -0.2) is 87.8 Å². The first-order valence-electron chi connectivity index (χ1n) is 16.8. The molecular formula is C37H45NO12. The highest BCUT2D eigenvalue weighted by Gasteiger charge is 2.87. The molecule has 1 spiro atoms. The molecule has 270 valence electrons. The smallest absolute Gasteiger partial charge is 0.340 e. The molecule has 1 N–H and O–H groups in total. The van der Waals surface area contributed by atoms with Crippen LogP contribution in [0.5, 0.6) is 0 Å². The number of aromatic nitrogens is 1. The van der Waals surface area contributed by atoms with E-state index < -0.39 is 94.9 Å². The van der Waals surface area contributed by atoms with Gasteiger partial charge in [0.15, 0.2) is 11.7 Å². The lowest BCUT2D eigenvalue weighted by molar-refractivity contribution is -0.348. The molecule has 2 bridgehead atoms. The molecule has 2 heterocycles. The summed E-state index contributed by atoms with van der Waals surface area (Å²) in [7, 11) is 0. The Kier molecular flexibility index (Phi) is 10.1. The second kappa shape index (κ2) is 13.7. The quantitative estimate of drug-likeness (QED) is 0.279. The predicted octanol–water partition coefficient (Wildman–Crippen LogP) is 3.99. The maximum Gasteiger partial charge on any atom is 0.340 e. The number of hydrogen-bond donors (Lipinski definition) is 1. The predicted molar refractivity (Wildman–Crippen MR) is 174 cm³/mol. The van der Waals surface area contributed by atoms with Crippen molar-refractivity contribution in [3.8, 4) is 0 Å². The number of esters is 5. The maximum absolute atomic E-state index is 14.1. The third-order valence-corrected chi connectivity index (χ3v) is 10.5. The molecule has 0 amide bonds. The number of carbonyl (C=O) groups excluding carboxylic acids is 5. The molecule has 2 aliphatic carbocycles. The summed E-state index contributed by atoms with van der Waals surface area (Å²) in [5.41, 5.74) is -7.09. The van der Waals surface area contributed by atoms with Gasteiger partial charge in [-0.05, 0) is 64.3 Å². The molecule has 13 heteroatoms. The van der Waals surface area contributed by atoms with E-state index in [1.54, 1.807) is 45.0 Å². The van der Waals surface area contributed by atoms with Gasteiger partial charge in [-0.3, -0.25) is 19.4 Å². The van der Waals surface area contributed by atoms with Crippen molar-refractivity contribution in [1.82, 2.24) is 4.98 Å². The van der Waals surface area contributed by atoms with Gasteiger partial charge in [-0.25, -0.2) is 9.59 Å². The summed E-state index contributed by atoms with van der Waals surface area (Å²) >= 11 is 0. The van der Waals surface area contributed by atoms with Gasteiger partial charge in [-0.2, -0.15) is 0 Å². The first-order chi connectivity index (χ1) is 23.5. The highest BCUT2D eigenvalue weighted by atomic mass is 16.6. The molecule has 2 saturated carbocycles. The van der Waals surface area contributed by atoms with Crippen LogP contribution in [0, 0.1) is 17.3 Å². The number of pyridine rings is 1. The van der Waals surface area contributed by atoms with Gasteiger partial charge in [-0.15, -0.1) is 0 Å². The van der Waals surface area contributed by atoms with Crippen LogP contribution < -0.4 is 0 Å². The second-order valence-electron chi connectivity index (χ2n) is 14.2. The zero-order valence-electron chi connectivity index (χ0n) is 29.4. The van der Waals surface area contributed by atoms with Gasteiger partial charge in [-0.1, -0.05) is 32.0 Å². The number of benzene rings is 1. The number of nitrogens with zero attached hydrogens (tertiary/aromatic N) is 1. The summed E-state index contributed by atoms with van der Waals surface area (Å²) in [5.74, 6) is -5.40. The average molecular weight is 696 g/mol. The van der Waals surface area contributed by atoms with Crippen molar-refractivity contribution in [2.45, 2.75) is 109 Å². The summed E-state index contributed by atoms with van der Waals surface area (Å²) in [6.45, 7) is 10.1. The molecule has 3 aliphatic rings. The molecule has 1 saturated heterocycles. The van der Waals surface area contributed by atoms with Gasteiger partial charge < -0.3 is 33.5 Å². The van der Waals surface area contributed by atoms with Crippen molar-refractivity contribution >= 4 is 29.8 Å². The molecule has 1 aliphatic heterocycles. The molecule has 13 nitrogen and oxygen atoms in total. The fourth-order valence-corrected chi connectivity index (χ4v) is 8.20. The Hall–Kier alpha value is -4.36. The Labute approximate surface area is 290 Å². The Morgan fingerprint density at radius 2 is 1.54 bits per heavy atom.